The molecule has 2 aliphatic heterocycles. The summed E-state index contributed by atoms with van der Waals surface area (Å²) < 4.78 is 0. The van der Waals surface area contributed by atoms with Crippen LogP contribution in [0.1, 0.15) is 45.5 Å². The third-order valence-electron chi connectivity index (χ3n) is 7.33. The van der Waals surface area contributed by atoms with Crippen molar-refractivity contribution in [1.82, 2.24) is 9.88 Å². The molecule has 37 heavy (non-hydrogen) atoms. The zero-order chi connectivity index (χ0) is 24.8. The third kappa shape index (κ3) is 4.07. The summed E-state index contributed by atoms with van der Waals surface area (Å²) in [6, 6.07) is 17.4. The SMILES string of the molecule is Cl.O=C1c2ccccc2C(=O)N1CC(=O)N1c2ccccc2N(Cc2cccnc2)C(=O)C2CCCC21. The van der Waals surface area contributed by atoms with Crippen LogP contribution in [-0.4, -0.2) is 46.1 Å². The summed E-state index contributed by atoms with van der Waals surface area (Å²) in [4.78, 5) is 62.2. The highest BCUT2D eigenvalue weighted by Gasteiger charge is 2.46. The van der Waals surface area contributed by atoms with Crippen LogP contribution >= 0.6 is 12.4 Å². The molecule has 1 aromatic heterocycles. The minimum atomic E-state index is -0.468. The number of carbonyl (C=O) groups excluding carboxylic acids is 4. The van der Waals surface area contributed by atoms with Crippen molar-refractivity contribution >= 4 is 47.4 Å². The van der Waals surface area contributed by atoms with E-state index in [4.69, 9.17) is 0 Å². The van der Waals surface area contributed by atoms with E-state index in [0.29, 0.717) is 41.9 Å². The fraction of sp³-hybridized carbons (Fsp3) is 0.250. The fourth-order valence-corrected chi connectivity index (χ4v) is 5.68. The molecule has 8 nitrogen and oxygen atoms in total. The Hall–Kier alpha value is -4.04. The van der Waals surface area contributed by atoms with Crippen LogP contribution in [0.15, 0.2) is 73.1 Å². The number of hydrogen-bond acceptors (Lipinski definition) is 5. The summed E-state index contributed by atoms with van der Waals surface area (Å²) in [6.45, 7) is -0.0337. The van der Waals surface area contributed by atoms with Crippen LogP contribution in [0.25, 0.3) is 0 Å². The molecule has 188 valence electrons. The number of halogens is 1. The van der Waals surface area contributed by atoms with Gasteiger partial charge >= 0.3 is 0 Å². The molecule has 6 rings (SSSR count). The molecule has 1 saturated carbocycles. The molecule has 2 atom stereocenters. The lowest BCUT2D eigenvalue weighted by atomic mass is 10.0. The first-order chi connectivity index (χ1) is 17.5. The fourth-order valence-electron chi connectivity index (χ4n) is 5.68. The van der Waals surface area contributed by atoms with Crippen LogP contribution in [0.4, 0.5) is 11.4 Å². The number of pyridine rings is 1. The number of hydrogen-bond donors (Lipinski definition) is 0. The molecule has 0 radical (unpaired) electrons. The van der Waals surface area contributed by atoms with Gasteiger partial charge in [0.15, 0.2) is 0 Å². The van der Waals surface area contributed by atoms with Crippen molar-refractivity contribution in [2.24, 2.45) is 5.92 Å². The van der Waals surface area contributed by atoms with E-state index in [9.17, 15) is 19.2 Å². The molecular formula is C28H25ClN4O4. The average Bonchev–Trinajstić information content (AvgIpc) is 3.45. The Morgan fingerprint density at radius 3 is 2.19 bits per heavy atom. The minimum Gasteiger partial charge on any atom is -0.306 e. The van der Waals surface area contributed by atoms with Gasteiger partial charge in [-0.2, -0.15) is 0 Å². The Morgan fingerprint density at radius 2 is 1.51 bits per heavy atom. The number of anilines is 2. The molecule has 1 fully saturated rings. The molecule has 2 aromatic carbocycles. The van der Waals surface area contributed by atoms with E-state index in [-0.39, 0.29) is 42.7 Å². The quantitative estimate of drug-likeness (QED) is 0.491. The maximum atomic E-state index is 13.9. The minimum absolute atomic E-state index is 0. The summed E-state index contributed by atoms with van der Waals surface area (Å²) in [5.74, 6) is -1.69. The van der Waals surface area contributed by atoms with Crippen molar-refractivity contribution in [3.8, 4) is 0 Å². The number of aromatic nitrogens is 1. The first-order valence-corrected chi connectivity index (χ1v) is 12.1. The van der Waals surface area contributed by atoms with Crippen LogP contribution in [-0.2, 0) is 16.1 Å². The number of rotatable bonds is 4. The van der Waals surface area contributed by atoms with Crippen molar-refractivity contribution < 1.29 is 19.2 Å². The second-order valence-corrected chi connectivity index (χ2v) is 9.38. The Labute approximate surface area is 220 Å². The van der Waals surface area contributed by atoms with Crippen LogP contribution in [0.5, 0.6) is 0 Å². The number of nitrogens with zero attached hydrogens (tertiary/aromatic N) is 4. The second kappa shape index (κ2) is 9.78. The third-order valence-corrected chi connectivity index (χ3v) is 7.33. The monoisotopic (exact) mass is 516 g/mol. The zero-order valence-electron chi connectivity index (χ0n) is 19.9. The average molecular weight is 517 g/mol. The normalized spacial score (nSPS) is 20.2. The lowest BCUT2D eigenvalue weighted by Crippen LogP contribution is -2.49. The number of para-hydroxylation sites is 2. The topological polar surface area (TPSA) is 90.9 Å². The van der Waals surface area contributed by atoms with Gasteiger partial charge < -0.3 is 9.80 Å². The Balaban J connectivity index is 0.00000280. The van der Waals surface area contributed by atoms with Crippen molar-refractivity contribution in [1.29, 1.82) is 0 Å². The second-order valence-electron chi connectivity index (χ2n) is 9.38. The molecule has 0 saturated heterocycles. The smallest absolute Gasteiger partial charge is 0.262 e. The van der Waals surface area contributed by atoms with E-state index in [0.717, 1.165) is 16.9 Å². The van der Waals surface area contributed by atoms with E-state index in [1.807, 2.05) is 36.4 Å². The highest BCUT2D eigenvalue weighted by atomic mass is 35.5. The number of carbonyl (C=O) groups is 4. The molecule has 3 aromatic rings. The van der Waals surface area contributed by atoms with Gasteiger partial charge in [0.1, 0.15) is 6.54 Å². The first kappa shape index (κ1) is 24.6. The molecule has 9 heteroatoms. The van der Waals surface area contributed by atoms with E-state index >= 15 is 0 Å². The van der Waals surface area contributed by atoms with Crippen LogP contribution < -0.4 is 9.80 Å². The van der Waals surface area contributed by atoms with E-state index in [1.54, 1.807) is 46.5 Å². The highest BCUT2D eigenvalue weighted by molar-refractivity contribution is 6.23. The molecule has 3 aliphatic rings. The molecule has 2 unspecified atom stereocenters. The predicted molar refractivity (Wildman–Crippen MR) is 140 cm³/mol. The summed E-state index contributed by atoms with van der Waals surface area (Å²) in [7, 11) is 0. The summed E-state index contributed by atoms with van der Waals surface area (Å²) in [5.41, 5.74) is 2.76. The summed E-state index contributed by atoms with van der Waals surface area (Å²) in [6.07, 6.45) is 5.60. The lowest BCUT2D eigenvalue weighted by molar-refractivity contribution is -0.123. The molecule has 1 aliphatic carbocycles. The van der Waals surface area contributed by atoms with Crippen molar-refractivity contribution in [2.75, 3.05) is 16.3 Å². The van der Waals surface area contributed by atoms with E-state index < -0.39 is 11.8 Å². The Kier molecular flexibility index (Phi) is 6.52. The predicted octanol–water partition coefficient (Wildman–Crippen LogP) is 3.85. The van der Waals surface area contributed by atoms with E-state index in [2.05, 4.69) is 4.98 Å². The van der Waals surface area contributed by atoms with Gasteiger partial charge in [0.2, 0.25) is 11.8 Å². The van der Waals surface area contributed by atoms with E-state index in [1.165, 1.54) is 0 Å². The maximum absolute atomic E-state index is 13.9. The van der Waals surface area contributed by atoms with Crippen molar-refractivity contribution in [3.63, 3.8) is 0 Å². The standard InChI is InChI=1S/C28H24N4O4.ClH/c33-25(17-31-26(34)19-8-1-2-9-20(19)27(31)35)32-22-13-5-10-21(22)28(36)30(16-18-7-6-14-29-15-18)23-11-3-4-12-24(23)32;/h1-4,6-9,11-12,14-15,21-22H,5,10,13,16-17H2;1H. The molecule has 0 N–H and O–H groups in total. The van der Waals surface area contributed by atoms with Gasteiger partial charge in [-0.25, -0.2) is 0 Å². The number of imide groups is 1. The number of fused-ring (bicyclic) bond motifs is 3. The van der Waals surface area contributed by atoms with Crippen molar-refractivity contribution in [2.45, 2.75) is 31.8 Å². The van der Waals surface area contributed by atoms with Gasteiger partial charge in [-0.15, -0.1) is 12.4 Å². The van der Waals surface area contributed by atoms with Gasteiger partial charge in [-0.3, -0.25) is 29.1 Å². The van der Waals surface area contributed by atoms with Crippen LogP contribution in [0.2, 0.25) is 0 Å². The van der Waals surface area contributed by atoms with Crippen molar-refractivity contribution in [3.05, 3.63) is 89.7 Å². The largest absolute Gasteiger partial charge is 0.306 e. The van der Waals surface area contributed by atoms with Gasteiger partial charge in [-0.1, -0.05) is 36.8 Å². The summed E-state index contributed by atoms with van der Waals surface area (Å²) >= 11 is 0. The Morgan fingerprint density at radius 1 is 0.838 bits per heavy atom. The number of benzene rings is 2. The van der Waals surface area contributed by atoms with Gasteiger partial charge in [-0.05, 0) is 48.7 Å². The maximum Gasteiger partial charge on any atom is 0.262 e. The lowest BCUT2D eigenvalue weighted by Gasteiger charge is -2.31. The molecule has 0 spiro atoms. The molecule has 3 heterocycles. The Bertz CT molecular complexity index is 1360. The van der Waals surface area contributed by atoms with Crippen LogP contribution in [0.3, 0.4) is 0 Å². The van der Waals surface area contributed by atoms with Gasteiger partial charge in [0.25, 0.3) is 11.8 Å². The van der Waals surface area contributed by atoms with Crippen LogP contribution in [0, 0.1) is 5.92 Å². The number of amides is 4. The molecule has 4 amide bonds. The molecular weight excluding hydrogens is 492 g/mol. The summed E-state index contributed by atoms with van der Waals surface area (Å²) in [5, 5.41) is 0. The highest BCUT2D eigenvalue weighted by Crippen LogP contribution is 2.43. The first-order valence-electron chi connectivity index (χ1n) is 12.1. The van der Waals surface area contributed by atoms with Gasteiger partial charge in [0, 0.05) is 18.4 Å². The molecule has 0 bridgehead atoms. The zero-order valence-corrected chi connectivity index (χ0v) is 20.8. The van der Waals surface area contributed by atoms with Gasteiger partial charge in [0.05, 0.1) is 35.0 Å².